The highest BCUT2D eigenvalue weighted by Crippen LogP contribution is 2.22. The molecule has 1 N–H and O–H groups in total. The number of likely N-dealkylation sites (tertiary alicyclic amines) is 1. The Morgan fingerprint density at radius 3 is 2.88 bits per heavy atom. The molecule has 1 aromatic heterocycles. The van der Waals surface area contributed by atoms with Crippen molar-refractivity contribution >= 4 is 32.9 Å². The second kappa shape index (κ2) is 7.15. The van der Waals surface area contributed by atoms with E-state index in [1.165, 1.54) is 4.90 Å². The summed E-state index contributed by atoms with van der Waals surface area (Å²) in [6.07, 6.45) is 0.862. The lowest BCUT2D eigenvalue weighted by atomic mass is 9.98. The van der Waals surface area contributed by atoms with Gasteiger partial charge in [0, 0.05) is 30.0 Å². The summed E-state index contributed by atoms with van der Waals surface area (Å²) >= 11 is 3.41. The lowest BCUT2D eigenvalue weighted by Crippen LogP contribution is -2.41. The van der Waals surface area contributed by atoms with Gasteiger partial charge in [0.05, 0.1) is 10.9 Å². The summed E-state index contributed by atoms with van der Waals surface area (Å²) in [5.41, 5.74) is 0.645. The van der Waals surface area contributed by atoms with Gasteiger partial charge in [0.25, 0.3) is 5.56 Å². The van der Waals surface area contributed by atoms with Crippen LogP contribution in [0.1, 0.15) is 38.4 Å². The van der Waals surface area contributed by atoms with Crippen LogP contribution in [0.3, 0.4) is 0 Å². The van der Waals surface area contributed by atoms with Crippen molar-refractivity contribution in [2.45, 2.75) is 39.2 Å². The number of nitrogens with zero attached hydrogens (tertiary/aromatic N) is 3. The summed E-state index contributed by atoms with van der Waals surface area (Å²) in [6, 6.07) is 5.54. The van der Waals surface area contributed by atoms with E-state index in [0.29, 0.717) is 30.5 Å². The molecular formula is C18H22BrN3O3. The number of carbonyl (C=O) groups is 1. The molecule has 0 unspecified atom stereocenters. The largest absolute Gasteiger partial charge is 0.465 e. The number of benzene rings is 1. The highest BCUT2D eigenvalue weighted by Gasteiger charge is 2.25. The van der Waals surface area contributed by atoms with E-state index in [0.717, 1.165) is 23.1 Å². The van der Waals surface area contributed by atoms with Gasteiger partial charge in [-0.3, -0.25) is 9.36 Å². The molecule has 3 rings (SSSR count). The summed E-state index contributed by atoms with van der Waals surface area (Å²) in [6.45, 7) is 5.59. The lowest BCUT2D eigenvalue weighted by molar-refractivity contribution is 0.116. The zero-order valence-corrected chi connectivity index (χ0v) is 16.0. The monoisotopic (exact) mass is 407 g/mol. The van der Waals surface area contributed by atoms with E-state index in [1.807, 2.05) is 26.0 Å². The number of halogens is 1. The molecule has 1 saturated heterocycles. The highest BCUT2D eigenvalue weighted by molar-refractivity contribution is 9.10. The third-order valence-corrected chi connectivity index (χ3v) is 5.19. The summed E-state index contributed by atoms with van der Waals surface area (Å²) in [4.78, 5) is 30.5. The van der Waals surface area contributed by atoms with Crippen LogP contribution in [0.2, 0.25) is 0 Å². The first-order valence-corrected chi connectivity index (χ1v) is 9.34. The SMILES string of the molecule is CC(C)c1nc2ccc(Br)cc2c(=O)n1C[C@H]1CCCN(C(=O)O)C1. The normalized spacial score (nSPS) is 18.1. The summed E-state index contributed by atoms with van der Waals surface area (Å²) < 4.78 is 2.59. The van der Waals surface area contributed by atoms with Crippen LogP contribution in [0.4, 0.5) is 4.79 Å². The molecule has 0 spiro atoms. The molecule has 2 heterocycles. The van der Waals surface area contributed by atoms with Crippen LogP contribution in [0, 0.1) is 5.92 Å². The topological polar surface area (TPSA) is 75.4 Å². The second-order valence-electron chi connectivity index (χ2n) is 6.94. The fraction of sp³-hybridized carbons (Fsp3) is 0.500. The molecule has 0 aliphatic carbocycles. The minimum Gasteiger partial charge on any atom is -0.465 e. The predicted molar refractivity (Wildman–Crippen MR) is 100 cm³/mol. The van der Waals surface area contributed by atoms with Crippen LogP contribution >= 0.6 is 15.9 Å². The molecule has 1 aromatic carbocycles. The van der Waals surface area contributed by atoms with Gasteiger partial charge < -0.3 is 10.0 Å². The van der Waals surface area contributed by atoms with E-state index >= 15 is 0 Å². The minimum atomic E-state index is -0.887. The molecule has 1 amide bonds. The van der Waals surface area contributed by atoms with E-state index in [2.05, 4.69) is 15.9 Å². The number of hydrogen-bond acceptors (Lipinski definition) is 3. The predicted octanol–water partition coefficient (Wildman–Crippen LogP) is 3.67. The summed E-state index contributed by atoms with van der Waals surface area (Å²) in [5, 5.41) is 9.82. The van der Waals surface area contributed by atoms with Gasteiger partial charge in [-0.05, 0) is 37.0 Å². The molecule has 1 fully saturated rings. The number of hydrogen-bond donors (Lipinski definition) is 1. The molecule has 1 aliphatic rings. The summed E-state index contributed by atoms with van der Waals surface area (Å²) in [5.74, 6) is 0.999. The average molecular weight is 408 g/mol. The van der Waals surface area contributed by atoms with Crippen LogP contribution in [-0.4, -0.2) is 38.7 Å². The van der Waals surface area contributed by atoms with Gasteiger partial charge >= 0.3 is 6.09 Å². The fourth-order valence-corrected chi connectivity index (χ4v) is 3.83. The standard InChI is InChI=1S/C18H22BrN3O3/c1-11(2)16-20-15-6-5-13(19)8-14(15)17(23)22(16)10-12-4-3-7-21(9-12)18(24)25/h5-6,8,11-12H,3-4,7,9-10H2,1-2H3,(H,24,25)/t12-/m0/s1. The number of fused-ring (bicyclic) bond motifs is 1. The number of carboxylic acid groups (broad SMARTS) is 1. The summed E-state index contributed by atoms with van der Waals surface area (Å²) in [7, 11) is 0. The zero-order chi connectivity index (χ0) is 18.1. The van der Waals surface area contributed by atoms with Crippen LogP contribution in [0.25, 0.3) is 10.9 Å². The molecule has 134 valence electrons. The number of rotatable bonds is 3. The van der Waals surface area contributed by atoms with Crippen molar-refractivity contribution in [1.29, 1.82) is 0 Å². The maximum atomic E-state index is 13.1. The van der Waals surface area contributed by atoms with Crippen molar-refractivity contribution in [2.75, 3.05) is 13.1 Å². The smallest absolute Gasteiger partial charge is 0.407 e. The Labute approximate surface area is 154 Å². The number of amides is 1. The van der Waals surface area contributed by atoms with E-state index in [9.17, 15) is 14.7 Å². The molecule has 25 heavy (non-hydrogen) atoms. The third kappa shape index (κ3) is 3.71. The van der Waals surface area contributed by atoms with Crippen molar-refractivity contribution in [3.8, 4) is 0 Å². The van der Waals surface area contributed by atoms with E-state index in [-0.39, 0.29) is 17.4 Å². The first-order valence-electron chi connectivity index (χ1n) is 8.54. The maximum absolute atomic E-state index is 13.1. The maximum Gasteiger partial charge on any atom is 0.407 e. The van der Waals surface area contributed by atoms with Crippen molar-refractivity contribution in [2.24, 2.45) is 5.92 Å². The molecule has 2 aromatic rings. The van der Waals surface area contributed by atoms with Gasteiger partial charge in [-0.25, -0.2) is 9.78 Å². The van der Waals surface area contributed by atoms with Crippen LogP contribution in [0.15, 0.2) is 27.5 Å². The van der Waals surface area contributed by atoms with Crippen molar-refractivity contribution in [1.82, 2.24) is 14.5 Å². The van der Waals surface area contributed by atoms with Crippen molar-refractivity contribution < 1.29 is 9.90 Å². The molecule has 0 bridgehead atoms. The van der Waals surface area contributed by atoms with Crippen LogP contribution < -0.4 is 5.56 Å². The van der Waals surface area contributed by atoms with Gasteiger partial charge in [-0.1, -0.05) is 29.8 Å². The third-order valence-electron chi connectivity index (χ3n) is 4.69. The quantitative estimate of drug-likeness (QED) is 0.841. The highest BCUT2D eigenvalue weighted by atomic mass is 79.9. The van der Waals surface area contributed by atoms with E-state index < -0.39 is 6.09 Å². The Hall–Kier alpha value is -1.89. The first kappa shape index (κ1) is 17.9. The Morgan fingerprint density at radius 2 is 2.20 bits per heavy atom. The molecule has 1 atom stereocenters. The van der Waals surface area contributed by atoms with Gasteiger partial charge in [0.2, 0.25) is 0 Å². The molecule has 6 nitrogen and oxygen atoms in total. The van der Waals surface area contributed by atoms with Crippen molar-refractivity contribution in [3.63, 3.8) is 0 Å². The Balaban J connectivity index is 2.02. The fourth-order valence-electron chi connectivity index (χ4n) is 3.47. The minimum absolute atomic E-state index is 0.0533. The van der Waals surface area contributed by atoms with Crippen LogP contribution in [-0.2, 0) is 6.54 Å². The molecule has 0 radical (unpaired) electrons. The van der Waals surface area contributed by atoms with Crippen molar-refractivity contribution in [3.05, 3.63) is 38.9 Å². The molecular weight excluding hydrogens is 386 g/mol. The molecule has 7 heteroatoms. The van der Waals surface area contributed by atoms with Gasteiger partial charge in [-0.15, -0.1) is 0 Å². The van der Waals surface area contributed by atoms with Crippen LogP contribution in [0.5, 0.6) is 0 Å². The van der Waals surface area contributed by atoms with Gasteiger partial charge in [0.15, 0.2) is 0 Å². The van der Waals surface area contributed by atoms with Gasteiger partial charge in [-0.2, -0.15) is 0 Å². The molecule has 1 aliphatic heterocycles. The zero-order valence-electron chi connectivity index (χ0n) is 14.4. The first-order chi connectivity index (χ1) is 11.9. The Bertz CT molecular complexity index is 863. The Kier molecular flexibility index (Phi) is 5.13. The average Bonchev–Trinajstić information content (AvgIpc) is 2.57. The second-order valence-corrected chi connectivity index (χ2v) is 7.85. The van der Waals surface area contributed by atoms with Gasteiger partial charge in [0.1, 0.15) is 5.82 Å². The number of aromatic nitrogens is 2. The lowest BCUT2D eigenvalue weighted by Gasteiger charge is -2.31. The number of piperidine rings is 1. The molecule has 0 saturated carbocycles. The van der Waals surface area contributed by atoms with E-state index in [4.69, 9.17) is 4.98 Å². The Morgan fingerprint density at radius 1 is 1.44 bits per heavy atom. The van der Waals surface area contributed by atoms with E-state index in [1.54, 1.807) is 10.6 Å².